The summed E-state index contributed by atoms with van der Waals surface area (Å²) in [6, 6.07) is 0. The molecule has 0 aliphatic rings. The van der Waals surface area contributed by atoms with E-state index in [1.807, 2.05) is 6.08 Å². The topological polar surface area (TPSA) is 37.3 Å². The Morgan fingerprint density at radius 2 is 1.09 bits per heavy atom. The van der Waals surface area contributed by atoms with Crippen LogP contribution in [0.15, 0.2) is 24.3 Å². The zero-order valence-corrected chi connectivity index (χ0v) is 14.6. The van der Waals surface area contributed by atoms with Crippen LogP contribution < -0.4 is 0 Å². The third kappa shape index (κ3) is 18.9. The molecule has 0 aliphatic heterocycles. The average Bonchev–Trinajstić information content (AvgIpc) is 2.50. The molecule has 0 radical (unpaired) electrons. The first kappa shape index (κ1) is 20.9. The Balaban J connectivity index is 3.12. The Morgan fingerprint density at radius 1 is 0.682 bits per heavy atom. The van der Waals surface area contributed by atoms with E-state index in [2.05, 4.69) is 25.2 Å². The molecular formula is C20H36O2. The molecule has 0 saturated carbocycles. The molecule has 0 rings (SSSR count). The van der Waals surface area contributed by atoms with E-state index in [4.69, 9.17) is 5.11 Å². The van der Waals surface area contributed by atoms with Crippen LogP contribution >= 0.6 is 0 Å². The van der Waals surface area contributed by atoms with Crippen molar-refractivity contribution in [1.82, 2.24) is 0 Å². The lowest BCUT2D eigenvalue weighted by atomic mass is 10.1. The molecule has 0 aromatic carbocycles. The fourth-order valence-corrected chi connectivity index (χ4v) is 2.42. The van der Waals surface area contributed by atoms with Crippen LogP contribution in [0, 0.1) is 0 Å². The number of allylic oxidation sites excluding steroid dienone is 4. The third-order valence-electron chi connectivity index (χ3n) is 3.82. The van der Waals surface area contributed by atoms with E-state index in [0.29, 0.717) is 6.42 Å². The highest BCUT2D eigenvalue weighted by Gasteiger charge is 1.92. The molecule has 0 aliphatic carbocycles. The van der Waals surface area contributed by atoms with E-state index in [0.717, 1.165) is 6.42 Å². The van der Waals surface area contributed by atoms with E-state index in [1.54, 1.807) is 0 Å². The van der Waals surface area contributed by atoms with Gasteiger partial charge in [-0.25, -0.2) is 0 Å². The summed E-state index contributed by atoms with van der Waals surface area (Å²) in [4.78, 5) is 10.3. The van der Waals surface area contributed by atoms with Crippen molar-refractivity contribution in [3.63, 3.8) is 0 Å². The minimum absolute atomic E-state index is 0.254. The quantitative estimate of drug-likeness (QED) is 0.255. The van der Waals surface area contributed by atoms with Crippen LogP contribution in [0.4, 0.5) is 0 Å². The van der Waals surface area contributed by atoms with Crippen molar-refractivity contribution in [3.8, 4) is 0 Å². The van der Waals surface area contributed by atoms with Gasteiger partial charge in [-0.3, -0.25) is 4.79 Å². The van der Waals surface area contributed by atoms with Crippen molar-refractivity contribution in [2.45, 2.75) is 96.8 Å². The van der Waals surface area contributed by atoms with Gasteiger partial charge in [-0.2, -0.15) is 0 Å². The number of hydrogen-bond acceptors (Lipinski definition) is 1. The molecule has 0 saturated heterocycles. The molecule has 0 aromatic rings. The predicted octanol–water partition coefficient (Wildman–Crippen LogP) is 6.66. The van der Waals surface area contributed by atoms with Crippen LogP contribution in [0.1, 0.15) is 96.8 Å². The summed E-state index contributed by atoms with van der Waals surface area (Å²) in [6.45, 7) is 2.25. The van der Waals surface area contributed by atoms with Crippen molar-refractivity contribution in [2.24, 2.45) is 0 Å². The molecule has 0 aromatic heterocycles. The minimum atomic E-state index is -0.708. The predicted molar refractivity (Wildman–Crippen MR) is 96.2 cm³/mol. The summed E-state index contributed by atoms with van der Waals surface area (Å²) in [5, 5.41) is 8.50. The smallest absolute Gasteiger partial charge is 0.303 e. The van der Waals surface area contributed by atoms with Gasteiger partial charge in [0.05, 0.1) is 0 Å². The van der Waals surface area contributed by atoms with Crippen molar-refractivity contribution in [2.75, 3.05) is 0 Å². The van der Waals surface area contributed by atoms with E-state index >= 15 is 0 Å². The summed E-state index contributed by atoms with van der Waals surface area (Å²) < 4.78 is 0. The zero-order valence-electron chi connectivity index (χ0n) is 14.6. The SMILES string of the molecule is CCCCC/C=C/CCCCCCCC/C=C/CCC(=O)O. The first-order chi connectivity index (χ1) is 10.8. The number of carbonyl (C=O) groups is 1. The van der Waals surface area contributed by atoms with Gasteiger partial charge in [0, 0.05) is 6.42 Å². The molecule has 22 heavy (non-hydrogen) atoms. The molecule has 128 valence electrons. The molecule has 1 N–H and O–H groups in total. The van der Waals surface area contributed by atoms with Gasteiger partial charge < -0.3 is 5.11 Å². The molecular weight excluding hydrogens is 272 g/mol. The van der Waals surface area contributed by atoms with E-state index in [-0.39, 0.29) is 6.42 Å². The number of aliphatic carboxylic acids is 1. The van der Waals surface area contributed by atoms with Gasteiger partial charge in [0.15, 0.2) is 0 Å². The molecule has 0 spiro atoms. The normalized spacial score (nSPS) is 11.7. The van der Waals surface area contributed by atoms with Crippen LogP contribution in [0.25, 0.3) is 0 Å². The molecule has 0 unspecified atom stereocenters. The van der Waals surface area contributed by atoms with Crippen LogP contribution in [-0.2, 0) is 4.79 Å². The van der Waals surface area contributed by atoms with E-state index in [9.17, 15) is 4.79 Å². The summed E-state index contributed by atoms with van der Waals surface area (Å²) in [5.74, 6) is -0.708. The standard InChI is InChI=1S/C20H36O2/c1-2-3-4-5-6-7-8-9-10-11-12-13-14-15-16-17-18-19-20(21)22/h6-7,16-17H,2-5,8-15,18-19H2,1H3,(H,21,22)/b7-6+,17-16+. The summed E-state index contributed by atoms with van der Waals surface area (Å²) >= 11 is 0. The van der Waals surface area contributed by atoms with Crippen LogP contribution in [-0.4, -0.2) is 11.1 Å². The molecule has 0 bridgehead atoms. The van der Waals surface area contributed by atoms with Crippen molar-refractivity contribution < 1.29 is 9.90 Å². The minimum Gasteiger partial charge on any atom is -0.481 e. The maximum absolute atomic E-state index is 10.3. The van der Waals surface area contributed by atoms with Crippen molar-refractivity contribution in [1.29, 1.82) is 0 Å². The number of carboxylic acid groups (broad SMARTS) is 1. The Bertz CT molecular complexity index is 292. The lowest BCUT2D eigenvalue weighted by molar-refractivity contribution is -0.136. The van der Waals surface area contributed by atoms with Gasteiger partial charge in [0.25, 0.3) is 0 Å². The van der Waals surface area contributed by atoms with Crippen molar-refractivity contribution >= 4 is 5.97 Å². The fraction of sp³-hybridized carbons (Fsp3) is 0.750. The maximum Gasteiger partial charge on any atom is 0.303 e. The highest BCUT2D eigenvalue weighted by molar-refractivity contribution is 5.66. The van der Waals surface area contributed by atoms with E-state index < -0.39 is 5.97 Å². The van der Waals surface area contributed by atoms with Crippen LogP contribution in [0.5, 0.6) is 0 Å². The second-order valence-electron chi connectivity index (χ2n) is 6.07. The Morgan fingerprint density at radius 3 is 1.55 bits per heavy atom. The highest BCUT2D eigenvalue weighted by Crippen LogP contribution is 2.10. The first-order valence-corrected chi connectivity index (χ1v) is 9.29. The van der Waals surface area contributed by atoms with Gasteiger partial charge in [-0.05, 0) is 44.9 Å². The molecule has 0 amide bonds. The molecule has 2 nitrogen and oxygen atoms in total. The number of carboxylic acids is 1. The highest BCUT2D eigenvalue weighted by atomic mass is 16.4. The molecule has 0 heterocycles. The van der Waals surface area contributed by atoms with E-state index in [1.165, 1.54) is 70.6 Å². The summed E-state index contributed by atoms with van der Waals surface area (Å²) in [5.41, 5.74) is 0. The summed E-state index contributed by atoms with van der Waals surface area (Å²) in [7, 11) is 0. The van der Waals surface area contributed by atoms with Gasteiger partial charge in [0.2, 0.25) is 0 Å². The number of rotatable bonds is 16. The fourth-order valence-electron chi connectivity index (χ4n) is 2.42. The molecule has 0 atom stereocenters. The lowest BCUT2D eigenvalue weighted by Gasteiger charge is -1.99. The van der Waals surface area contributed by atoms with Gasteiger partial charge in [-0.1, -0.05) is 69.8 Å². The number of hydrogen-bond donors (Lipinski definition) is 1. The second kappa shape index (κ2) is 18.0. The largest absolute Gasteiger partial charge is 0.481 e. The van der Waals surface area contributed by atoms with Gasteiger partial charge in [-0.15, -0.1) is 0 Å². The zero-order chi connectivity index (χ0) is 16.3. The van der Waals surface area contributed by atoms with Gasteiger partial charge in [0.1, 0.15) is 0 Å². The summed E-state index contributed by atoms with van der Waals surface area (Å²) in [6.07, 6.45) is 25.3. The monoisotopic (exact) mass is 308 g/mol. The number of unbranched alkanes of at least 4 members (excludes halogenated alkanes) is 10. The third-order valence-corrected chi connectivity index (χ3v) is 3.82. The Labute approximate surface area is 137 Å². The lowest BCUT2D eigenvalue weighted by Crippen LogP contribution is -1.91. The Hall–Kier alpha value is -1.05. The molecule has 2 heteroatoms. The second-order valence-corrected chi connectivity index (χ2v) is 6.07. The Kier molecular flexibility index (Phi) is 17.1. The van der Waals surface area contributed by atoms with Gasteiger partial charge >= 0.3 is 5.97 Å². The maximum atomic E-state index is 10.3. The molecule has 0 fully saturated rings. The average molecular weight is 309 g/mol. The van der Waals surface area contributed by atoms with Crippen LogP contribution in [0.3, 0.4) is 0 Å². The van der Waals surface area contributed by atoms with Crippen LogP contribution in [0.2, 0.25) is 0 Å². The first-order valence-electron chi connectivity index (χ1n) is 9.29. The van der Waals surface area contributed by atoms with Crippen molar-refractivity contribution in [3.05, 3.63) is 24.3 Å².